The predicted octanol–water partition coefficient (Wildman–Crippen LogP) is 4.60. The highest BCUT2D eigenvalue weighted by Gasteiger charge is 2.12. The zero-order valence-corrected chi connectivity index (χ0v) is 14.4. The van der Waals surface area contributed by atoms with E-state index in [2.05, 4.69) is 26.3 Å². The first kappa shape index (κ1) is 15.8. The van der Waals surface area contributed by atoms with Crippen LogP contribution in [0.1, 0.15) is 15.9 Å². The molecule has 23 heavy (non-hydrogen) atoms. The molecule has 4 nitrogen and oxygen atoms in total. The molecule has 0 radical (unpaired) electrons. The quantitative estimate of drug-likeness (QED) is 0.708. The van der Waals surface area contributed by atoms with E-state index in [9.17, 15) is 4.79 Å². The van der Waals surface area contributed by atoms with Gasteiger partial charge in [0.05, 0.1) is 6.54 Å². The summed E-state index contributed by atoms with van der Waals surface area (Å²) in [6.07, 6.45) is 1.70. The van der Waals surface area contributed by atoms with E-state index in [1.165, 1.54) is 0 Å². The predicted molar refractivity (Wildman–Crippen MR) is 94.9 cm³/mol. The summed E-state index contributed by atoms with van der Waals surface area (Å²) in [5, 5.41) is 7.47. The van der Waals surface area contributed by atoms with Crippen molar-refractivity contribution in [1.82, 2.24) is 9.78 Å². The van der Waals surface area contributed by atoms with E-state index in [0.29, 0.717) is 22.9 Å². The second-order valence-electron chi connectivity index (χ2n) is 4.97. The lowest BCUT2D eigenvalue weighted by atomic mass is 10.2. The molecule has 3 rings (SSSR count). The summed E-state index contributed by atoms with van der Waals surface area (Å²) in [4.78, 5) is 12.2. The largest absolute Gasteiger partial charge is 0.304 e. The fraction of sp³-hybridized carbons (Fsp3) is 0.0588. The van der Waals surface area contributed by atoms with E-state index in [1.807, 2.05) is 42.5 Å². The molecule has 0 saturated carbocycles. The first-order chi connectivity index (χ1) is 11.1. The van der Waals surface area contributed by atoms with Crippen LogP contribution in [0.2, 0.25) is 5.02 Å². The highest BCUT2D eigenvalue weighted by Crippen LogP contribution is 2.21. The Labute approximate surface area is 147 Å². The summed E-state index contributed by atoms with van der Waals surface area (Å²) in [7, 11) is 0. The molecule has 0 saturated heterocycles. The standard InChI is InChI=1S/C17H13BrClN3O/c18-14-8-6-13(7-9-14)17(23)20-16-15(19)11-22(21-16)10-12-4-2-1-3-5-12/h1-9,11H,10H2,(H,20,21,23). The summed E-state index contributed by atoms with van der Waals surface area (Å²) >= 11 is 9.50. The van der Waals surface area contributed by atoms with Gasteiger partial charge in [-0.1, -0.05) is 57.9 Å². The second-order valence-corrected chi connectivity index (χ2v) is 6.29. The van der Waals surface area contributed by atoms with E-state index in [1.54, 1.807) is 23.0 Å². The molecule has 1 aromatic heterocycles. The van der Waals surface area contributed by atoms with Gasteiger partial charge in [0, 0.05) is 16.2 Å². The third kappa shape index (κ3) is 4.00. The van der Waals surface area contributed by atoms with Crippen LogP contribution >= 0.6 is 27.5 Å². The van der Waals surface area contributed by atoms with Crippen LogP contribution in [0.4, 0.5) is 5.82 Å². The minimum atomic E-state index is -0.246. The maximum absolute atomic E-state index is 12.2. The number of hydrogen-bond donors (Lipinski definition) is 1. The fourth-order valence-corrected chi connectivity index (χ4v) is 2.58. The SMILES string of the molecule is O=C(Nc1nn(Cc2ccccc2)cc1Cl)c1ccc(Br)cc1. The monoisotopic (exact) mass is 389 g/mol. The number of carbonyl (C=O) groups excluding carboxylic acids is 1. The lowest BCUT2D eigenvalue weighted by Gasteiger charge is -2.03. The number of nitrogens with zero attached hydrogens (tertiary/aromatic N) is 2. The molecule has 2 aromatic carbocycles. The fourth-order valence-electron chi connectivity index (χ4n) is 2.11. The molecule has 6 heteroatoms. The molecule has 0 spiro atoms. The van der Waals surface area contributed by atoms with Gasteiger partial charge in [-0.15, -0.1) is 0 Å². The molecular weight excluding hydrogens is 378 g/mol. The average molecular weight is 391 g/mol. The molecule has 0 atom stereocenters. The molecule has 0 bridgehead atoms. The summed E-state index contributed by atoms with van der Waals surface area (Å²) < 4.78 is 2.62. The number of benzene rings is 2. The molecule has 0 fully saturated rings. The van der Waals surface area contributed by atoms with Crippen LogP contribution in [0.25, 0.3) is 0 Å². The Kier molecular flexibility index (Phi) is 4.79. The summed E-state index contributed by atoms with van der Waals surface area (Å²) in [5.41, 5.74) is 1.65. The first-order valence-electron chi connectivity index (χ1n) is 6.95. The Hall–Kier alpha value is -2.11. The Morgan fingerprint density at radius 1 is 1.13 bits per heavy atom. The van der Waals surface area contributed by atoms with Crippen molar-refractivity contribution in [1.29, 1.82) is 0 Å². The summed E-state index contributed by atoms with van der Waals surface area (Å²) in [5.74, 6) is 0.111. The Morgan fingerprint density at radius 3 is 2.52 bits per heavy atom. The smallest absolute Gasteiger partial charge is 0.256 e. The van der Waals surface area contributed by atoms with E-state index in [0.717, 1.165) is 10.0 Å². The normalized spacial score (nSPS) is 10.5. The number of rotatable bonds is 4. The van der Waals surface area contributed by atoms with E-state index in [4.69, 9.17) is 11.6 Å². The van der Waals surface area contributed by atoms with Gasteiger partial charge in [0.15, 0.2) is 5.82 Å². The van der Waals surface area contributed by atoms with Crippen molar-refractivity contribution in [3.8, 4) is 0 Å². The third-order valence-corrected chi connectivity index (χ3v) is 4.05. The molecule has 0 aliphatic carbocycles. The summed E-state index contributed by atoms with van der Waals surface area (Å²) in [6.45, 7) is 0.592. The highest BCUT2D eigenvalue weighted by atomic mass is 79.9. The molecule has 1 N–H and O–H groups in total. The number of aromatic nitrogens is 2. The molecule has 3 aromatic rings. The average Bonchev–Trinajstić information content (AvgIpc) is 2.88. The van der Waals surface area contributed by atoms with Gasteiger partial charge in [-0.2, -0.15) is 5.10 Å². The van der Waals surface area contributed by atoms with Gasteiger partial charge in [0.1, 0.15) is 5.02 Å². The van der Waals surface area contributed by atoms with Crippen molar-refractivity contribution >= 4 is 39.3 Å². The van der Waals surface area contributed by atoms with Crippen molar-refractivity contribution in [2.75, 3.05) is 5.32 Å². The van der Waals surface area contributed by atoms with Crippen molar-refractivity contribution < 1.29 is 4.79 Å². The Balaban J connectivity index is 1.73. The van der Waals surface area contributed by atoms with Crippen molar-refractivity contribution in [2.45, 2.75) is 6.54 Å². The second kappa shape index (κ2) is 6.98. The van der Waals surface area contributed by atoms with Crippen LogP contribution in [-0.2, 0) is 6.54 Å². The van der Waals surface area contributed by atoms with Gasteiger partial charge < -0.3 is 5.32 Å². The number of nitrogens with one attached hydrogen (secondary N) is 1. The summed E-state index contributed by atoms with van der Waals surface area (Å²) in [6, 6.07) is 17.0. The number of hydrogen-bond acceptors (Lipinski definition) is 2. The zero-order chi connectivity index (χ0) is 16.2. The van der Waals surface area contributed by atoms with Crippen molar-refractivity contribution in [3.63, 3.8) is 0 Å². The Bertz CT molecular complexity index is 816. The van der Waals surface area contributed by atoms with Crippen LogP contribution < -0.4 is 5.32 Å². The van der Waals surface area contributed by atoms with Gasteiger partial charge in [0.2, 0.25) is 0 Å². The maximum atomic E-state index is 12.2. The molecule has 0 aliphatic rings. The number of carbonyl (C=O) groups is 1. The van der Waals surface area contributed by atoms with E-state index in [-0.39, 0.29) is 5.91 Å². The maximum Gasteiger partial charge on any atom is 0.256 e. The van der Waals surface area contributed by atoms with Gasteiger partial charge in [0.25, 0.3) is 5.91 Å². The van der Waals surface area contributed by atoms with Gasteiger partial charge in [-0.25, -0.2) is 0 Å². The van der Waals surface area contributed by atoms with Crippen molar-refractivity contribution in [2.24, 2.45) is 0 Å². The molecule has 1 heterocycles. The zero-order valence-electron chi connectivity index (χ0n) is 12.0. The van der Waals surface area contributed by atoms with Crippen LogP contribution in [0.15, 0.2) is 65.3 Å². The van der Waals surface area contributed by atoms with Crippen LogP contribution in [0.3, 0.4) is 0 Å². The molecule has 0 aliphatic heterocycles. The molecule has 116 valence electrons. The third-order valence-electron chi connectivity index (χ3n) is 3.24. The minimum absolute atomic E-state index is 0.246. The van der Waals surface area contributed by atoms with Crippen LogP contribution in [0.5, 0.6) is 0 Å². The first-order valence-corrected chi connectivity index (χ1v) is 8.13. The van der Waals surface area contributed by atoms with E-state index >= 15 is 0 Å². The minimum Gasteiger partial charge on any atom is -0.304 e. The highest BCUT2D eigenvalue weighted by molar-refractivity contribution is 9.10. The van der Waals surface area contributed by atoms with Gasteiger partial charge in [-0.3, -0.25) is 9.48 Å². The molecule has 1 amide bonds. The number of halogens is 2. The van der Waals surface area contributed by atoms with Crippen LogP contribution in [-0.4, -0.2) is 15.7 Å². The lowest BCUT2D eigenvalue weighted by Crippen LogP contribution is -2.13. The van der Waals surface area contributed by atoms with Crippen molar-refractivity contribution in [3.05, 3.63) is 81.4 Å². The van der Waals surface area contributed by atoms with Gasteiger partial charge >= 0.3 is 0 Å². The van der Waals surface area contributed by atoms with Crippen LogP contribution in [0, 0.1) is 0 Å². The molecule has 0 unspecified atom stereocenters. The van der Waals surface area contributed by atoms with E-state index < -0.39 is 0 Å². The lowest BCUT2D eigenvalue weighted by molar-refractivity contribution is 0.102. The Morgan fingerprint density at radius 2 is 1.83 bits per heavy atom. The topological polar surface area (TPSA) is 46.9 Å². The number of anilines is 1. The molecular formula is C17H13BrClN3O. The number of amides is 1. The van der Waals surface area contributed by atoms with Gasteiger partial charge in [-0.05, 0) is 29.8 Å².